The lowest BCUT2D eigenvalue weighted by molar-refractivity contribution is -0.0635. The van der Waals surface area contributed by atoms with Crippen molar-refractivity contribution in [3.8, 4) is 0 Å². The fraction of sp³-hybridized carbons (Fsp3) is 0.929. The van der Waals surface area contributed by atoms with E-state index in [0.717, 1.165) is 19.5 Å². The van der Waals surface area contributed by atoms with Gasteiger partial charge < -0.3 is 20.4 Å². The zero-order chi connectivity index (χ0) is 14.0. The molecule has 2 saturated heterocycles. The first kappa shape index (κ1) is 14.1. The topological polar surface area (TPSA) is 80.3 Å². The second-order valence-electron chi connectivity index (χ2n) is 6.31. The lowest BCUT2D eigenvalue weighted by atomic mass is 9.98. The Hall–Kier alpha value is -0.850. The minimum atomic E-state index is -0.296. The van der Waals surface area contributed by atoms with Crippen molar-refractivity contribution >= 4 is 5.84 Å². The molecule has 0 amide bonds. The Balaban J connectivity index is 1.51. The average Bonchev–Trinajstić information content (AvgIpc) is 3.09. The maximum absolute atomic E-state index is 8.74. The molecule has 6 heteroatoms. The van der Waals surface area contributed by atoms with Gasteiger partial charge in [0.25, 0.3) is 0 Å². The van der Waals surface area contributed by atoms with Gasteiger partial charge in [0.1, 0.15) is 6.10 Å². The molecule has 3 rings (SSSR count). The molecule has 1 saturated carbocycles. The summed E-state index contributed by atoms with van der Waals surface area (Å²) in [5.74, 6) is 0.161. The van der Waals surface area contributed by atoms with Gasteiger partial charge in [0, 0.05) is 19.6 Å². The smallest absolute Gasteiger partial charge is 0.169 e. The monoisotopic (exact) mass is 283 g/mol. The van der Waals surface area contributed by atoms with Crippen molar-refractivity contribution in [1.82, 2.24) is 4.90 Å². The molecule has 3 fully saturated rings. The Morgan fingerprint density at radius 2 is 2.15 bits per heavy atom. The van der Waals surface area contributed by atoms with E-state index in [0.29, 0.717) is 19.3 Å². The van der Waals surface area contributed by atoms with Crippen LogP contribution in [0.3, 0.4) is 0 Å². The molecule has 2 unspecified atom stereocenters. The largest absolute Gasteiger partial charge is 0.409 e. The number of nitrogens with two attached hydrogens (primary N) is 1. The number of morpholine rings is 1. The van der Waals surface area contributed by atoms with Gasteiger partial charge in [-0.25, -0.2) is 0 Å². The van der Waals surface area contributed by atoms with Gasteiger partial charge in [0.05, 0.1) is 18.3 Å². The van der Waals surface area contributed by atoms with Crippen molar-refractivity contribution in [1.29, 1.82) is 0 Å². The van der Waals surface area contributed by atoms with E-state index in [1.54, 1.807) is 0 Å². The molecule has 3 N–H and O–H groups in total. The molecular weight excluding hydrogens is 258 g/mol. The van der Waals surface area contributed by atoms with Crippen LogP contribution < -0.4 is 5.73 Å². The molecule has 0 aromatic heterocycles. The van der Waals surface area contributed by atoms with E-state index in [-0.39, 0.29) is 17.5 Å². The van der Waals surface area contributed by atoms with E-state index >= 15 is 0 Å². The van der Waals surface area contributed by atoms with Crippen LogP contribution in [0.4, 0.5) is 0 Å². The van der Waals surface area contributed by atoms with Gasteiger partial charge in [-0.3, -0.25) is 4.90 Å². The Kier molecular flexibility index (Phi) is 4.14. The lowest BCUT2D eigenvalue weighted by Crippen LogP contribution is -2.50. The van der Waals surface area contributed by atoms with Crippen molar-refractivity contribution in [3.05, 3.63) is 0 Å². The third kappa shape index (κ3) is 2.92. The molecule has 0 aromatic carbocycles. The predicted octanol–water partition coefficient (Wildman–Crippen LogP) is 0.925. The Labute approximate surface area is 119 Å². The van der Waals surface area contributed by atoms with Crippen molar-refractivity contribution in [2.75, 3.05) is 26.2 Å². The Morgan fingerprint density at radius 1 is 1.35 bits per heavy atom. The van der Waals surface area contributed by atoms with E-state index in [4.69, 9.17) is 20.4 Å². The van der Waals surface area contributed by atoms with Gasteiger partial charge in [0.2, 0.25) is 0 Å². The van der Waals surface area contributed by atoms with Gasteiger partial charge in [0.15, 0.2) is 5.84 Å². The van der Waals surface area contributed by atoms with Crippen LogP contribution in [0.5, 0.6) is 0 Å². The normalized spacial score (nSPS) is 34.9. The van der Waals surface area contributed by atoms with Crippen molar-refractivity contribution in [2.24, 2.45) is 10.9 Å². The highest BCUT2D eigenvalue weighted by Crippen LogP contribution is 2.43. The van der Waals surface area contributed by atoms with E-state index in [2.05, 4.69) is 10.1 Å². The quantitative estimate of drug-likeness (QED) is 0.348. The zero-order valence-corrected chi connectivity index (χ0v) is 12.0. The highest BCUT2D eigenvalue weighted by atomic mass is 16.5. The first-order chi connectivity index (χ1) is 9.71. The highest BCUT2D eigenvalue weighted by Gasteiger charge is 2.42. The first-order valence-corrected chi connectivity index (χ1v) is 7.70. The zero-order valence-electron chi connectivity index (χ0n) is 12.0. The molecule has 3 aliphatic rings. The number of rotatable bonds is 3. The maximum Gasteiger partial charge on any atom is 0.169 e. The van der Waals surface area contributed by atoms with Gasteiger partial charge in [-0.1, -0.05) is 18.0 Å². The molecular formula is C14H25N3O3. The molecule has 1 aliphatic carbocycles. The maximum atomic E-state index is 8.74. The Bertz CT molecular complexity index is 369. The second kappa shape index (κ2) is 5.87. The molecule has 1 spiro atoms. The van der Waals surface area contributed by atoms with E-state index < -0.39 is 0 Å². The van der Waals surface area contributed by atoms with E-state index in [1.807, 2.05) is 0 Å². The van der Waals surface area contributed by atoms with Crippen LogP contribution in [0.2, 0.25) is 0 Å². The number of oxime groups is 1. The molecule has 6 nitrogen and oxygen atoms in total. The molecule has 2 aliphatic heterocycles. The lowest BCUT2D eigenvalue weighted by Gasteiger charge is -2.34. The summed E-state index contributed by atoms with van der Waals surface area (Å²) >= 11 is 0. The summed E-state index contributed by atoms with van der Waals surface area (Å²) in [5.41, 5.74) is 5.83. The summed E-state index contributed by atoms with van der Waals surface area (Å²) < 4.78 is 11.9. The molecule has 0 radical (unpaired) electrons. The predicted molar refractivity (Wildman–Crippen MR) is 74.9 cm³/mol. The van der Waals surface area contributed by atoms with Crippen LogP contribution in [0.1, 0.15) is 38.5 Å². The van der Waals surface area contributed by atoms with E-state index in [9.17, 15) is 0 Å². The van der Waals surface area contributed by atoms with Crippen LogP contribution in [0, 0.1) is 0 Å². The van der Waals surface area contributed by atoms with Crippen molar-refractivity contribution in [3.63, 3.8) is 0 Å². The number of hydrogen-bond donors (Lipinski definition) is 2. The summed E-state index contributed by atoms with van der Waals surface area (Å²) in [7, 11) is 0. The average molecular weight is 283 g/mol. The van der Waals surface area contributed by atoms with Gasteiger partial charge in [-0.15, -0.1) is 0 Å². The third-order valence-corrected chi connectivity index (χ3v) is 4.91. The number of amidine groups is 1. The van der Waals surface area contributed by atoms with Crippen LogP contribution in [-0.4, -0.2) is 60.0 Å². The third-order valence-electron chi connectivity index (χ3n) is 4.91. The fourth-order valence-corrected chi connectivity index (χ4v) is 3.81. The summed E-state index contributed by atoms with van der Waals surface area (Å²) in [6, 6.07) is 0. The minimum absolute atomic E-state index is 0.161. The van der Waals surface area contributed by atoms with Crippen molar-refractivity contribution < 1.29 is 14.7 Å². The standard InChI is InChI=1S/C14H25N3O3/c15-13(16-18)12-10-17(7-8-19-12)9-11-3-6-14(20-11)4-1-2-5-14/h11-12,18H,1-10H2,(H2,15,16). The minimum Gasteiger partial charge on any atom is -0.409 e. The molecule has 2 atom stereocenters. The summed E-state index contributed by atoms with van der Waals surface area (Å²) in [5, 5.41) is 11.8. The molecule has 20 heavy (non-hydrogen) atoms. The second-order valence-corrected chi connectivity index (χ2v) is 6.31. The first-order valence-electron chi connectivity index (χ1n) is 7.70. The Morgan fingerprint density at radius 3 is 2.90 bits per heavy atom. The molecule has 0 aromatic rings. The molecule has 2 heterocycles. The number of hydrogen-bond acceptors (Lipinski definition) is 5. The van der Waals surface area contributed by atoms with E-state index in [1.165, 1.54) is 32.1 Å². The van der Waals surface area contributed by atoms with Gasteiger partial charge in [-0.2, -0.15) is 0 Å². The molecule has 0 bridgehead atoms. The highest BCUT2D eigenvalue weighted by molar-refractivity contribution is 5.84. The van der Waals surface area contributed by atoms with Gasteiger partial charge in [-0.05, 0) is 25.7 Å². The summed E-state index contributed by atoms with van der Waals surface area (Å²) in [4.78, 5) is 2.31. The van der Waals surface area contributed by atoms with Gasteiger partial charge >= 0.3 is 0 Å². The van der Waals surface area contributed by atoms with Crippen molar-refractivity contribution in [2.45, 2.75) is 56.3 Å². The SMILES string of the molecule is NC(=NO)C1CN(CC2CCC3(CCCC3)O2)CCO1. The van der Waals surface area contributed by atoms with Crippen LogP contribution in [0.15, 0.2) is 5.16 Å². The fourth-order valence-electron chi connectivity index (χ4n) is 3.81. The van der Waals surface area contributed by atoms with Crippen LogP contribution in [0.25, 0.3) is 0 Å². The molecule has 114 valence electrons. The summed E-state index contributed by atoms with van der Waals surface area (Å²) in [6.07, 6.45) is 7.51. The van der Waals surface area contributed by atoms with Crippen LogP contribution in [-0.2, 0) is 9.47 Å². The summed E-state index contributed by atoms with van der Waals surface area (Å²) in [6.45, 7) is 3.13. The number of nitrogens with zero attached hydrogens (tertiary/aromatic N) is 2. The van der Waals surface area contributed by atoms with Crippen LogP contribution >= 0.6 is 0 Å². The number of ether oxygens (including phenoxy) is 2.